The molecule has 2 heterocycles. The van der Waals surface area contributed by atoms with Crippen LogP contribution in [0.4, 0.5) is 0 Å². The Morgan fingerprint density at radius 1 is 1.03 bits per heavy atom. The summed E-state index contributed by atoms with van der Waals surface area (Å²) in [5, 5.41) is 2.81. The van der Waals surface area contributed by atoms with Crippen molar-refractivity contribution >= 4 is 11.8 Å². The summed E-state index contributed by atoms with van der Waals surface area (Å²) in [7, 11) is 1.70. The molecule has 3 aromatic rings. The SMILES string of the molecule is CN(C[C@@H]1COc2ccccc2O1)C(=O)[C@@H](Cc1ccccc1)NC(=O)c1ccco1. The van der Waals surface area contributed by atoms with Crippen LogP contribution in [-0.2, 0) is 11.2 Å². The number of hydrogen-bond acceptors (Lipinski definition) is 5. The molecule has 1 aliphatic heterocycles. The molecule has 1 aliphatic rings. The number of carbonyl (C=O) groups excluding carboxylic acids is 2. The maximum absolute atomic E-state index is 13.3. The number of hydrogen-bond donors (Lipinski definition) is 1. The lowest BCUT2D eigenvalue weighted by Gasteiger charge is -2.31. The summed E-state index contributed by atoms with van der Waals surface area (Å²) in [5.41, 5.74) is 0.945. The topological polar surface area (TPSA) is 81.0 Å². The lowest BCUT2D eigenvalue weighted by Crippen LogP contribution is -2.51. The molecule has 0 unspecified atom stereocenters. The van der Waals surface area contributed by atoms with Gasteiger partial charge in [-0.15, -0.1) is 0 Å². The van der Waals surface area contributed by atoms with E-state index in [1.807, 2.05) is 54.6 Å². The minimum absolute atomic E-state index is 0.161. The van der Waals surface area contributed by atoms with Crippen molar-refractivity contribution in [3.63, 3.8) is 0 Å². The second kappa shape index (κ2) is 9.38. The summed E-state index contributed by atoms with van der Waals surface area (Å²) in [5.74, 6) is 0.867. The summed E-state index contributed by atoms with van der Waals surface area (Å²) >= 11 is 0. The number of para-hydroxylation sites is 2. The van der Waals surface area contributed by atoms with Crippen LogP contribution in [-0.4, -0.2) is 49.1 Å². The van der Waals surface area contributed by atoms with E-state index in [1.54, 1.807) is 24.1 Å². The van der Waals surface area contributed by atoms with Crippen molar-refractivity contribution in [1.82, 2.24) is 10.2 Å². The van der Waals surface area contributed by atoms with E-state index in [4.69, 9.17) is 13.9 Å². The van der Waals surface area contributed by atoms with E-state index in [1.165, 1.54) is 6.26 Å². The number of carbonyl (C=O) groups is 2. The van der Waals surface area contributed by atoms with Gasteiger partial charge in [0, 0.05) is 13.5 Å². The number of rotatable bonds is 7. The zero-order chi connectivity index (χ0) is 21.6. The molecule has 0 fully saturated rings. The molecule has 1 N–H and O–H groups in total. The highest BCUT2D eigenvalue weighted by molar-refractivity contribution is 5.95. The third-order valence-corrected chi connectivity index (χ3v) is 5.05. The molecule has 7 nitrogen and oxygen atoms in total. The van der Waals surface area contributed by atoms with Gasteiger partial charge in [0.15, 0.2) is 23.4 Å². The average molecular weight is 420 g/mol. The summed E-state index contributed by atoms with van der Waals surface area (Å²) < 4.78 is 16.9. The molecule has 0 saturated heterocycles. The second-order valence-corrected chi connectivity index (χ2v) is 7.41. The number of benzene rings is 2. The Balaban J connectivity index is 1.44. The van der Waals surface area contributed by atoms with Gasteiger partial charge in [-0.05, 0) is 29.8 Å². The summed E-state index contributed by atoms with van der Waals surface area (Å²) in [6.07, 6.45) is 1.48. The first kappa shape index (κ1) is 20.5. The molecule has 4 rings (SSSR count). The van der Waals surface area contributed by atoms with Gasteiger partial charge in [0.05, 0.1) is 12.8 Å². The van der Waals surface area contributed by atoms with Gasteiger partial charge in [-0.1, -0.05) is 42.5 Å². The van der Waals surface area contributed by atoms with E-state index in [-0.39, 0.29) is 17.8 Å². The Labute approximate surface area is 180 Å². The van der Waals surface area contributed by atoms with E-state index in [9.17, 15) is 9.59 Å². The van der Waals surface area contributed by atoms with Gasteiger partial charge in [-0.3, -0.25) is 9.59 Å². The Morgan fingerprint density at radius 3 is 2.52 bits per heavy atom. The Morgan fingerprint density at radius 2 is 1.77 bits per heavy atom. The molecule has 0 saturated carbocycles. The first-order valence-electron chi connectivity index (χ1n) is 10.1. The molecule has 31 heavy (non-hydrogen) atoms. The van der Waals surface area contributed by atoms with Crippen LogP contribution in [0.15, 0.2) is 77.4 Å². The van der Waals surface area contributed by atoms with E-state index < -0.39 is 11.9 Å². The number of fused-ring (bicyclic) bond motifs is 1. The second-order valence-electron chi connectivity index (χ2n) is 7.41. The van der Waals surface area contributed by atoms with E-state index in [0.29, 0.717) is 31.1 Å². The Kier molecular flexibility index (Phi) is 6.21. The van der Waals surface area contributed by atoms with Crippen LogP contribution in [0.3, 0.4) is 0 Å². The van der Waals surface area contributed by atoms with Crippen LogP contribution in [0.1, 0.15) is 16.1 Å². The molecule has 2 aromatic carbocycles. The fraction of sp³-hybridized carbons (Fsp3) is 0.250. The lowest BCUT2D eigenvalue weighted by molar-refractivity contribution is -0.133. The van der Waals surface area contributed by atoms with Crippen LogP contribution in [0.5, 0.6) is 11.5 Å². The van der Waals surface area contributed by atoms with Gasteiger partial charge in [0.2, 0.25) is 5.91 Å². The zero-order valence-electron chi connectivity index (χ0n) is 17.2. The lowest BCUT2D eigenvalue weighted by atomic mass is 10.0. The van der Waals surface area contributed by atoms with Crippen molar-refractivity contribution < 1.29 is 23.5 Å². The van der Waals surface area contributed by atoms with Gasteiger partial charge in [0.25, 0.3) is 5.91 Å². The van der Waals surface area contributed by atoms with E-state index in [0.717, 1.165) is 5.56 Å². The maximum atomic E-state index is 13.3. The normalized spacial score (nSPS) is 15.7. The predicted molar refractivity (Wildman–Crippen MR) is 114 cm³/mol. The van der Waals surface area contributed by atoms with Gasteiger partial charge in [-0.25, -0.2) is 0 Å². The Bertz CT molecular complexity index is 1020. The molecule has 0 aliphatic carbocycles. The maximum Gasteiger partial charge on any atom is 0.287 e. The molecule has 2 amide bonds. The fourth-order valence-electron chi connectivity index (χ4n) is 3.50. The van der Waals surface area contributed by atoms with Crippen molar-refractivity contribution in [3.05, 3.63) is 84.3 Å². The minimum Gasteiger partial charge on any atom is -0.486 e. The number of amides is 2. The number of nitrogens with one attached hydrogen (secondary N) is 1. The average Bonchev–Trinajstić information content (AvgIpc) is 3.34. The number of ether oxygens (including phenoxy) is 2. The molecule has 0 bridgehead atoms. The van der Waals surface area contributed by atoms with Crippen molar-refractivity contribution in [1.29, 1.82) is 0 Å². The van der Waals surface area contributed by atoms with Crippen molar-refractivity contribution in [2.45, 2.75) is 18.6 Å². The largest absolute Gasteiger partial charge is 0.486 e. The summed E-state index contributed by atoms with van der Waals surface area (Å²) in [6.45, 7) is 0.672. The highest BCUT2D eigenvalue weighted by Crippen LogP contribution is 2.31. The Hall–Kier alpha value is -3.74. The smallest absolute Gasteiger partial charge is 0.287 e. The first-order valence-corrected chi connectivity index (χ1v) is 10.1. The predicted octanol–water partition coefficient (Wildman–Crippen LogP) is 2.92. The monoisotopic (exact) mass is 420 g/mol. The van der Waals surface area contributed by atoms with Gasteiger partial charge in [0.1, 0.15) is 12.6 Å². The molecular formula is C24H24N2O5. The quantitative estimate of drug-likeness (QED) is 0.636. The van der Waals surface area contributed by atoms with Crippen LogP contribution in [0, 0.1) is 0 Å². The number of nitrogens with zero attached hydrogens (tertiary/aromatic N) is 1. The summed E-state index contributed by atoms with van der Waals surface area (Å²) in [4.78, 5) is 27.4. The minimum atomic E-state index is -0.748. The standard InChI is InChI=1S/C24H24N2O5/c1-26(15-18-16-30-20-10-5-6-11-21(20)31-18)24(28)19(14-17-8-3-2-4-9-17)25-23(27)22-12-7-13-29-22/h2-13,18-19H,14-16H2,1H3,(H,25,27)/t18-,19-/m1/s1. The van der Waals surface area contributed by atoms with Gasteiger partial charge in [-0.2, -0.15) is 0 Å². The molecule has 2 atom stereocenters. The third kappa shape index (κ3) is 5.06. The van der Waals surface area contributed by atoms with E-state index >= 15 is 0 Å². The highest BCUT2D eigenvalue weighted by atomic mass is 16.6. The van der Waals surface area contributed by atoms with Crippen molar-refractivity contribution in [2.24, 2.45) is 0 Å². The number of furan rings is 1. The van der Waals surface area contributed by atoms with Crippen LogP contribution >= 0.6 is 0 Å². The van der Waals surface area contributed by atoms with Crippen molar-refractivity contribution in [3.8, 4) is 11.5 Å². The van der Waals surface area contributed by atoms with Crippen LogP contribution in [0.25, 0.3) is 0 Å². The van der Waals surface area contributed by atoms with Crippen LogP contribution in [0.2, 0.25) is 0 Å². The van der Waals surface area contributed by atoms with Gasteiger partial charge >= 0.3 is 0 Å². The zero-order valence-corrected chi connectivity index (χ0v) is 17.2. The molecule has 160 valence electrons. The molecule has 0 spiro atoms. The van der Waals surface area contributed by atoms with Crippen molar-refractivity contribution in [2.75, 3.05) is 20.2 Å². The number of likely N-dealkylation sites (N-methyl/N-ethyl adjacent to an activating group) is 1. The highest BCUT2D eigenvalue weighted by Gasteiger charge is 2.29. The molecule has 7 heteroatoms. The third-order valence-electron chi connectivity index (χ3n) is 5.05. The molecule has 1 aromatic heterocycles. The fourth-order valence-corrected chi connectivity index (χ4v) is 3.50. The van der Waals surface area contributed by atoms with Crippen LogP contribution < -0.4 is 14.8 Å². The summed E-state index contributed by atoms with van der Waals surface area (Å²) in [6, 6.07) is 19.5. The molecule has 0 radical (unpaired) electrons. The van der Waals surface area contributed by atoms with E-state index in [2.05, 4.69) is 5.32 Å². The molecular weight excluding hydrogens is 396 g/mol. The first-order chi connectivity index (χ1) is 15.1. The van der Waals surface area contributed by atoms with Gasteiger partial charge < -0.3 is 24.1 Å².